The maximum atomic E-state index is 5.27. The lowest BCUT2D eigenvalue weighted by atomic mass is 9.99. The Morgan fingerprint density at radius 3 is 3.21 bits per heavy atom. The zero-order valence-corrected chi connectivity index (χ0v) is 12.8. The van der Waals surface area contributed by atoms with Gasteiger partial charge in [0.1, 0.15) is 0 Å². The first-order valence-electron chi connectivity index (χ1n) is 7.31. The topological polar surface area (TPSA) is 24.5 Å². The number of thiophene rings is 1. The minimum absolute atomic E-state index is 0.740. The number of likely N-dealkylation sites (tertiary alicyclic amines) is 1. The third-order valence-corrected chi connectivity index (χ3v) is 4.51. The Morgan fingerprint density at radius 1 is 1.47 bits per heavy atom. The minimum atomic E-state index is 0.740. The lowest BCUT2D eigenvalue weighted by Crippen LogP contribution is -2.40. The molecular formula is C15H26N2OS. The van der Waals surface area contributed by atoms with E-state index in [0.717, 1.165) is 32.0 Å². The Hall–Kier alpha value is -0.420. The fourth-order valence-electron chi connectivity index (χ4n) is 2.76. The molecule has 1 unspecified atom stereocenters. The summed E-state index contributed by atoms with van der Waals surface area (Å²) in [6.07, 6.45) is 3.80. The van der Waals surface area contributed by atoms with Crippen LogP contribution in [0.5, 0.6) is 0 Å². The number of nitrogens with one attached hydrogen (secondary N) is 1. The van der Waals surface area contributed by atoms with E-state index in [2.05, 4.69) is 27.0 Å². The molecule has 0 aromatic carbocycles. The van der Waals surface area contributed by atoms with Crippen LogP contribution in [0, 0.1) is 5.92 Å². The summed E-state index contributed by atoms with van der Waals surface area (Å²) in [5.74, 6) is 0.740. The summed E-state index contributed by atoms with van der Waals surface area (Å²) in [6.45, 7) is 6.74. The van der Waals surface area contributed by atoms with E-state index in [1.54, 1.807) is 11.3 Å². The molecule has 0 saturated carbocycles. The quantitative estimate of drug-likeness (QED) is 0.740. The zero-order chi connectivity index (χ0) is 13.3. The highest BCUT2D eigenvalue weighted by Gasteiger charge is 2.18. The molecule has 1 aromatic rings. The van der Waals surface area contributed by atoms with Crippen LogP contribution in [0.4, 0.5) is 0 Å². The van der Waals surface area contributed by atoms with Crippen LogP contribution < -0.4 is 5.32 Å². The van der Waals surface area contributed by atoms with Crippen LogP contribution in [0.25, 0.3) is 0 Å². The van der Waals surface area contributed by atoms with Gasteiger partial charge in [0, 0.05) is 26.7 Å². The van der Waals surface area contributed by atoms with Gasteiger partial charge in [0.2, 0.25) is 0 Å². The SMILES string of the molecule is COCC1CCCN(CCNCCc2ccsc2)C1. The smallest absolute Gasteiger partial charge is 0.0502 e. The van der Waals surface area contributed by atoms with Crippen molar-refractivity contribution in [3.8, 4) is 0 Å². The Bertz CT molecular complexity index is 327. The van der Waals surface area contributed by atoms with E-state index in [4.69, 9.17) is 4.74 Å². The summed E-state index contributed by atoms with van der Waals surface area (Å²) in [5.41, 5.74) is 1.45. The maximum Gasteiger partial charge on any atom is 0.0502 e. The van der Waals surface area contributed by atoms with Crippen molar-refractivity contribution >= 4 is 11.3 Å². The van der Waals surface area contributed by atoms with Crippen LogP contribution in [0.15, 0.2) is 16.8 Å². The predicted molar refractivity (Wildman–Crippen MR) is 81.9 cm³/mol. The number of hydrogen-bond acceptors (Lipinski definition) is 4. The van der Waals surface area contributed by atoms with E-state index < -0.39 is 0 Å². The van der Waals surface area contributed by atoms with Crippen LogP contribution in [0.1, 0.15) is 18.4 Å². The van der Waals surface area contributed by atoms with Crippen LogP contribution in [0.2, 0.25) is 0 Å². The lowest BCUT2D eigenvalue weighted by Gasteiger charge is -2.32. The van der Waals surface area contributed by atoms with Crippen molar-refractivity contribution in [2.75, 3.05) is 46.4 Å². The first-order chi connectivity index (χ1) is 9.38. The molecule has 1 saturated heterocycles. The Kier molecular flexibility index (Phi) is 6.85. The highest BCUT2D eigenvalue weighted by molar-refractivity contribution is 7.07. The van der Waals surface area contributed by atoms with Gasteiger partial charge in [0.25, 0.3) is 0 Å². The van der Waals surface area contributed by atoms with Crippen molar-refractivity contribution in [3.63, 3.8) is 0 Å². The first-order valence-corrected chi connectivity index (χ1v) is 8.26. The Labute approximate surface area is 121 Å². The molecule has 2 rings (SSSR count). The number of ether oxygens (including phenoxy) is 1. The number of hydrogen-bond donors (Lipinski definition) is 1. The second-order valence-electron chi connectivity index (χ2n) is 5.40. The molecule has 19 heavy (non-hydrogen) atoms. The highest BCUT2D eigenvalue weighted by atomic mass is 32.1. The monoisotopic (exact) mass is 282 g/mol. The van der Waals surface area contributed by atoms with Gasteiger partial charge in [-0.3, -0.25) is 0 Å². The van der Waals surface area contributed by atoms with Crippen molar-refractivity contribution in [2.45, 2.75) is 19.3 Å². The summed E-state index contributed by atoms with van der Waals surface area (Å²) in [7, 11) is 1.81. The Balaban J connectivity index is 1.52. The van der Waals surface area contributed by atoms with Crippen molar-refractivity contribution < 1.29 is 4.74 Å². The number of methoxy groups -OCH3 is 1. The molecule has 1 fully saturated rings. The van der Waals surface area contributed by atoms with Crippen molar-refractivity contribution in [1.29, 1.82) is 0 Å². The van der Waals surface area contributed by atoms with Crippen molar-refractivity contribution in [3.05, 3.63) is 22.4 Å². The summed E-state index contributed by atoms with van der Waals surface area (Å²) in [4.78, 5) is 2.57. The maximum absolute atomic E-state index is 5.27. The average molecular weight is 282 g/mol. The molecule has 0 spiro atoms. The Morgan fingerprint density at radius 2 is 2.42 bits per heavy atom. The van der Waals surface area contributed by atoms with Gasteiger partial charge in [-0.15, -0.1) is 0 Å². The van der Waals surface area contributed by atoms with Gasteiger partial charge >= 0.3 is 0 Å². The van der Waals surface area contributed by atoms with E-state index in [-0.39, 0.29) is 0 Å². The van der Waals surface area contributed by atoms with Crippen molar-refractivity contribution in [1.82, 2.24) is 10.2 Å². The van der Waals surface area contributed by atoms with Crippen LogP contribution in [-0.4, -0.2) is 51.3 Å². The molecule has 1 atom stereocenters. The molecule has 1 aromatic heterocycles. The molecule has 1 N–H and O–H groups in total. The normalized spacial score (nSPS) is 20.8. The standard InChI is InChI=1S/C15H26N2OS/c1-18-12-15-3-2-8-17(11-15)9-7-16-6-4-14-5-10-19-13-14/h5,10,13,15-16H,2-4,6-9,11-12H2,1H3. The average Bonchev–Trinajstić information content (AvgIpc) is 2.92. The fraction of sp³-hybridized carbons (Fsp3) is 0.733. The van der Waals surface area contributed by atoms with Crippen LogP contribution in [-0.2, 0) is 11.2 Å². The third-order valence-electron chi connectivity index (χ3n) is 3.78. The summed E-state index contributed by atoms with van der Waals surface area (Å²) < 4.78 is 5.27. The molecular weight excluding hydrogens is 256 g/mol. The molecule has 0 radical (unpaired) electrons. The van der Waals surface area contributed by atoms with Crippen molar-refractivity contribution in [2.24, 2.45) is 5.92 Å². The molecule has 1 aliphatic heterocycles. The van der Waals surface area contributed by atoms with E-state index in [0.29, 0.717) is 0 Å². The molecule has 3 nitrogen and oxygen atoms in total. The van der Waals surface area contributed by atoms with Gasteiger partial charge in [-0.05, 0) is 60.7 Å². The molecule has 1 aliphatic rings. The lowest BCUT2D eigenvalue weighted by molar-refractivity contribution is 0.0911. The third kappa shape index (κ3) is 5.61. The minimum Gasteiger partial charge on any atom is -0.384 e. The highest BCUT2D eigenvalue weighted by Crippen LogP contribution is 2.15. The summed E-state index contributed by atoms with van der Waals surface area (Å²) in [5, 5.41) is 7.94. The first kappa shape index (κ1) is 15.0. The second-order valence-corrected chi connectivity index (χ2v) is 6.18. The largest absolute Gasteiger partial charge is 0.384 e. The van der Waals surface area contributed by atoms with Gasteiger partial charge < -0.3 is 15.0 Å². The zero-order valence-electron chi connectivity index (χ0n) is 11.9. The number of piperidine rings is 1. The van der Waals surface area contributed by atoms with Crippen LogP contribution >= 0.6 is 11.3 Å². The molecule has 0 bridgehead atoms. The van der Waals surface area contributed by atoms with E-state index in [1.165, 1.54) is 38.0 Å². The van der Waals surface area contributed by atoms with E-state index >= 15 is 0 Å². The summed E-state index contributed by atoms with van der Waals surface area (Å²) >= 11 is 1.78. The fourth-order valence-corrected chi connectivity index (χ4v) is 3.46. The van der Waals surface area contributed by atoms with Crippen LogP contribution in [0.3, 0.4) is 0 Å². The van der Waals surface area contributed by atoms with E-state index in [9.17, 15) is 0 Å². The molecule has 2 heterocycles. The van der Waals surface area contributed by atoms with Gasteiger partial charge in [-0.25, -0.2) is 0 Å². The van der Waals surface area contributed by atoms with Gasteiger partial charge in [0.15, 0.2) is 0 Å². The summed E-state index contributed by atoms with van der Waals surface area (Å²) in [6, 6.07) is 2.21. The molecule has 4 heteroatoms. The molecule has 0 aliphatic carbocycles. The van der Waals surface area contributed by atoms with E-state index in [1.807, 2.05) is 7.11 Å². The van der Waals surface area contributed by atoms with Gasteiger partial charge in [-0.2, -0.15) is 11.3 Å². The predicted octanol–water partition coefficient (Wildman–Crippen LogP) is 2.24. The molecule has 108 valence electrons. The van der Waals surface area contributed by atoms with Gasteiger partial charge in [-0.1, -0.05) is 0 Å². The number of nitrogens with zero attached hydrogens (tertiary/aromatic N) is 1. The van der Waals surface area contributed by atoms with Gasteiger partial charge in [0.05, 0.1) is 6.61 Å². The second kappa shape index (κ2) is 8.69. The number of rotatable bonds is 8. The molecule has 0 amide bonds.